The van der Waals surface area contributed by atoms with Gasteiger partial charge in [0.05, 0.1) is 6.61 Å². The van der Waals surface area contributed by atoms with Crippen LogP contribution in [-0.2, 0) is 6.54 Å². The predicted octanol–water partition coefficient (Wildman–Crippen LogP) is 3.92. The summed E-state index contributed by atoms with van der Waals surface area (Å²) in [4.78, 5) is 0. The molecule has 0 radical (unpaired) electrons. The van der Waals surface area contributed by atoms with Crippen LogP contribution >= 0.6 is 11.6 Å². The molecule has 2 nitrogen and oxygen atoms in total. The molecule has 0 aliphatic rings. The minimum Gasteiger partial charge on any atom is -0.493 e. The van der Waals surface area contributed by atoms with Gasteiger partial charge in [0, 0.05) is 17.1 Å². The van der Waals surface area contributed by atoms with Crippen LogP contribution in [0.3, 0.4) is 0 Å². The summed E-state index contributed by atoms with van der Waals surface area (Å²) in [5.41, 5.74) is 6.54. The molecule has 0 aromatic heterocycles. The Labute approximate surface area is 108 Å². The largest absolute Gasteiger partial charge is 0.493 e. The maximum atomic E-state index is 6.04. The molecule has 0 aliphatic carbocycles. The quantitative estimate of drug-likeness (QED) is 0.563. The first-order valence-electron chi connectivity index (χ1n) is 6.00. The Morgan fingerprint density at radius 1 is 1.29 bits per heavy atom. The SMILES string of the molecule is C=CCCCCCOc1cccc(Cl)c1CN. The van der Waals surface area contributed by atoms with Gasteiger partial charge in [-0.25, -0.2) is 0 Å². The van der Waals surface area contributed by atoms with E-state index < -0.39 is 0 Å². The Balaban J connectivity index is 2.36. The Morgan fingerprint density at radius 3 is 2.82 bits per heavy atom. The summed E-state index contributed by atoms with van der Waals surface area (Å²) in [7, 11) is 0. The molecule has 0 aliphatic heterocycles. The van der Waals surface area contributed by atoms with Gasteiger partial charge >= 0.3 is 0 Å². The van der Waals surface area contributed by atoms with E-state index in [2.05, 4.69) is 6.58 Å². The predicted molar refractivity (Wildman–Crippen MR) is 73.5 cm³/mol. The summed E-state index contributed by atoms with van der Waals surface area (Å²) in [6.45, 7) is 4.82. The van der Waals surface area contributed by atoms with Crippen LogP contribution in [0.5, 0.6) is 5.75 Å². The average molecular weight is 254 g/mol. The summed E-state index contributed by atoms with van der Waals surface area (Å²) in [6, 6.07) is 5.63. The molecule has 0 amide bonds. The molecule has 1 rings (SSSR count). The number of ether oxygens (including phenoxy) is 1. The van der Waals surface area contributed by atoms with E-state index in [1.54, 1.807) is 0 Å². The number of hydrogen-bond donors (Lipinski definition) is 1. The van der Waals surface area contributed by atoms with Gasteiger partial charge in [0.25, 0.3) is 0 Å². The molecule has 17 heavy (non-hydrogen) atoms. The van der Waals surface area contributed by atoms with Crippen molar-refractivity contribution in [2.24, 2.45) is 5.73 Å². The summed E-state index contributed by atoms with van der Waals surface area (Å²) < 4.78 is 5.70. The summed E-state index contributed by atoms with van der Waals surface area (Å²) in [5.74, 6) is 0.809. The molecular formula is C14H20ClNO. The van der Waals surface area contributed by atoms with Crippen molar-refractivity contribution in [3.63, 3.8) is 0 Å². The van der Waals surface area contributed by atoms with Crippen molar-refractivity contribution in [3.8, 4) is 5.75 Å². The minimum atomic E-state index is 0.408. The van der Waals surface area contributed by atoms with E-state index in [1.807, 2.05) is 24.3 Å². The number of nitrogens with two attached hydrogens (primary N) is 1. The second kappa shape index (κ2) is 8.15. The van der Waals surface area contributed by atoms with Crippen LogP contribution in [-0.4, -0.2) is 6.61 Å². The number of allylic oxidation sites excluding steroid dienone is 1. The maximum absolute atomic E-state index is 6.04. The maximum Gasteiger partial charge on any atom is 0.125 e. The second-order valence-corrected chi connectivity index (χ2v) is 4.31. The molecule has 0 bridgehead atoms. The van der Waals surface area contributed by atoms with Crippen LogP contribution in [0.2, 0.25) is 5.02 Å². The lowest BCUT2D eigenvalue weighted by Gasteiger charge is -2.11. The molecule has 94 valence electrons. The highest BCUT2D eigenvalue weighted by Gasteiger charge is 2.05. The van der Waals surface area contributed by atoms with Crippen molar-refractivity contribution >= 4 is 11.6 Å². The summed E-state index contributed by atoms with van der Waals surface area (Å²) in [5, 5.41) is 0.677. The zero-order valence-corrected chi connectivity index (χ0v) is 10.9. The van der Waals surface area contributed by atoms with E-state index in [0.29, 0.717) is 18.2 Å². The summed E-state index contributed by atoms with van der Waals surface area (Å²) >= 11 is 6.04. The van der Waals surface area contributed by atoms with E-state index in [1.165, 1.54) is 6.42 Å². The first-order chi connectivity index (χ1) is 8.29. The lowest BCUT2D eigenvalue weighted by atomic mass is 10.2. The molecule has 1 aromatic carbocycles. The van der Waals surface area contributed by atoms with Gasteiger partial charge < -0.3 is 10.5 Å². The average Bonchev–Trinajstić information content (AvgIpc) is 2.34. The molecule has 0 fully saturated rings. The highest BCUT2D eigenvalue weighted by atomic mass is 35.5. The lowest BCUT2D eigenvalue weighted by molar-refractivity contribution is 0.302. The normalized spacial score (nSPS) is 10.2. The first-order valence-corrected chi connectivity index (χ1v) is 6.38. The Kier molecular flexibility index (Phi) is 6.75. The molecule has 0 spiro atoms. The zero-order valence-electron chi connectivity index (χ0n) is 10.1. The number of hydrogen-bond acceptors (Lipinski definition) is 2. The third kappa shape index (κ3) is 4.80. The van der Waals surface area contributed by atoms with Gasteiger partial charge in [0.1, 0.15) is 5.75 Å². The Bertz CT molecular complexity index is 352. The summed E-state index contributed by atoms with van der Waals surface area (Å²) in [6.07, 6.45) is 6.40. The molecule has 0 unspecified atom stereocenters. The van der Waals surface area contributed by atoms with Gasteiger partial charge in [-0.2, -0.15) is 0 Å². The molecule has 0 atom stereocenters. The highest BCUT2D eigenvalue weighted by molar-refractivity contribution is 6.31. The number of rotatable bonds is 8. The highest BCUT2D eigenvalue weighted by Crippen LogP contribution is 2.25. The topological polar surface area (TPSA) is 35.2 Å². The van der Waals surface area contributed by atoms with Crippen LogP contribution in [0.1, 0.15) is 31.2 Å². The molecule has 1 aromatic rings. The molecule has 0 heterocycles. The molecule has 0 saturated heterocycles. The van der Waals surface area contributed by atoms with Crippen LogP contribution in [0, 0.1) is 0 Å². The van der Waals surface area contributed by atoms with Crippen molar-refractivity contribution in [2.75, 3.05) is 6.61 Å². The molecule has 2 N–H and O–H groups in total. The fourth-order valence-electron chi connectivity index (χ4n) is 1.62. The van der Waals surface area contributed by atoms with Crippen molar-refractivity contribution in [2.45, 2.75) is 32.2 Å². The second-order valence-electron chi connectivity index (χ2n) is 3.91. The fourth-order valence-corrected chi connectivity index (χ4v) is 1.86. The smallest absolute Gasteiger partial charge is 0.125 e. The molecule has 3 heteroatoms. The zero-order chi connectivity index (χ0) is 12.5. The van der Waals surface area contributed by atoms with Crippen LogP contribution < -0.4 is 10.5 Å². The van der Waals surface area contributed by atoms with Crippen LogP contribution in [0.4, 0.5) is 0 Å². The fraction of sp³-hybridized carbons (Fsp3) is 0.429. The molecule has 0 saturated carbocycles. The monoisotopic (exact) mass is 253 g/mol. The van der Waals surface area contributed by atoms with E-state index in [9.17, 15) is 0 Å². The van der Waals surface area contributed by atoms with E-state index >= 15 is 0 Å². The van der Waals surface area contributed by atoms with Crippen LogP contribution in [0.15, 0.2) is 30.9 Å². The van der Waals surface area contributed by atoms with Gasteiger partial charge in [0.2, 0.25) is 0 Å². The number of halogens is 1. The van der Waals surface area contributed by atoms with Crippen molar-refractivity contribution in [3.05, 3.63) is 41.4 Å². The Morgan fingerprint density at radius 2 is 2.12 bits per heavy atom. The van der Waals surface area contributed by atoms with Gasteiger partial charge in [-0.1, -0.05) is 23.7 Å². The van der Waals surface area contributed by atoms with Gasteiger partial charge in [-0.15, -0.1) is 6.58 Å². The molecular weight excluding hydrogens is 234 g/mol. The van der Waals surface area contributed by atoms with Gasteiger partial charge in [0.15, 0.2) is 0 Å². The third-order valence-electron chi connectivity index (χ3n) is 2.59. The van der Waals surface area contributed by atoms with Crippen molar-refractivity contribution < 1.29 is 4.74 Å². The van der Waals surface area contributed by atoms with E-state index in [-0.39, 0.29) is 0 Å². The van der Waals surface area contributed by atoms with Gasteiger partial charge in [-0.05, 0) is 37.8 Å². The first kappa shape index (κ1) is 14.1. The number of unbranched alkanes of at least 4 members (excludes halogenated alkanes) is 3. The van der Waals surface area contributed by atoms with E-state index in [0.717, 1.165) is 30.6 Å². The number of benzene rings is 1. The lowest BCUT2D eigenvalue weighted by Crippen LogP contribution is -2.04. The van der Waals surface area contributed by atoms with Crippen molar-refractivity contribution in [1.82, 2.24) is 0 Å². The third-order valence-corrected chi connectivity index (χ3v) is 2.94. The minimum absolute atomic E-state index is 0.408. The Hall–Kier alpha value is -0.990. The van der Waals surface area contributed by atoms with Crippen molar-refractivity contribution in [1.29, 1.82) is 0 Å². The van der Waals surface area contributed by atoms with Gasteiger partial charge in [-0.3, -0.25) is 0 Å². The van der Waals surface area contributed by atoms with E-state index in [4.69, 9.17) is 22.1 Å². The van der Waals surface area contributed by atoms with Crippen LogP contribution in [0.25, 0.3) is 0 Å². The standard InChI is InChI=1S/C14H20ClNO/c1-2-3-4-5-6-10-17-14-9-7-8-13(15)12(14)11-16/h2,7-9H,1,3-6,10-11,16H2.